The molecular weight excluding hydrogens is 370 g/mol. The van der Waals surface area contributed by atoms with Crippen molar-refractivity contribution in [3.63, 3.8) is 0 Å². The maximum Gasteiger partial charge on any atom is 0.112 e. The highest BCUT2D eigenvalue weighted by atomic mass is 79.9. The number of hydrogen-bond acceptors (Lipinski definition) is 3. The minimum Gasteiger partial charge on any atom is -0.369 e. The van der Waals surface area contributed by atoms with Gasteiger partial charge >= 0.3 is 0 Å². The Bertz CT molecular complexity index is 602. The number of rotatable bonds is 1. The van der Waals surface area contributed by atoms with Crippen LogP contribution >= 0.6 is 31.9 Å². The van der Waals surface area contributed by atoms with Crippen LogP contribution in [-0.2, 0) is 0 Å². The van der Waals surface area contributed by atoms with Crippen molar-refractivity contribution in [3.8, 4) is 0 Å². The highest BCUT2D eigenvalue weighted by Gasteiger charge is 2.25. The zero-order chi connectivity index (χ0) is 13.4. The Kier molecular flexibility index (Phi) is 3.76. The Labute approximate surface area is 129 Å². The number of halogens is 2. The number of nitrogens with zero attached hydrogens (tertiary/aromatic N) is 3. The van der Waals surface area contributed by atoms with Crippen LogP contribution in [0.2, 0.25) is 0 Å². The first-order valence-corrected chi connectivity index (χ1v) is 8.15. The van der Waals surface area contributed by atoms with Crippen LogP contribution in [0.3, 0.4) is 0 Å². The second-order valence-corrected chi connectivity index (χ2v) is 7.17. The smallest absolute Gasteiger partial charge is 0.112 e. The average Bonchev–Trinajstić information content (AvgIpc) is 2.41. The second-order valence-electron chi connectivity index (χ2n) is 5.08. The van der Waals surface area contributed by atoms with Crippen LogP contribution in [0.5, 0.6) is 0 Å². The summed E-state index contributed by atoms with van der Waals surface area (Å²) < 4.78 is 0.970. The predicted molar refractivity (Wildman–Crippen MR) is 85.9 cm³/mol. The van der Waals surface area contributed by atoms with Crippen molar-refractivity contribution in [3.05, 3.63) is 29.0 Å². The van der Waals surface area contributed by atoms with Gasteiger partial charge in [0.05, 0.1) is 11.2 Å². The SMILES string of the molecule is CC1CN(c2ccnc3cc(Br)cnc23)CCC1Br. The van der Waals surface area contributed by atoms with E-state index in [-0.39, 0.29) is 0 Å². The van der Waals surface area contributed by atoms with Crippen LogP contribution in [0.1, 0.15) is 13.3 Å². The lowest BCUT2D eigenvalue weighted by molar-refractivity contribution is 0.467. The minimum atomic E-state index is 0.624. The first kappa shape index (κ1) is 13.3. The van der Waals surface area contributed by atoms with E-state index in [2.05, 4.69) is 59.7 Å². The molecule has 2 aromatic rings. The molecule has 0 N–H and O–H groups in total. The van der Waals surface area contributed by atoms with Crippen molar-refractivity contribution in [2.75, 3.05) is 18.0 Å². The molecule has 0 amide bonds. The molecule has 0 aliphatic carbocycles. The van der Waals surface area contributed by atoms with Crippen LogP contribution in [0.15, 0.2) is 29.0 Å². The van der Waals surface area contributed by atoms with E-state index in [4.69, 9.17) is 0 Å². The van der Waals surface area contributed by atoms with Gasteiger partial charge in [-0.3, -0.25) is 9.97 Å². The molecule has 100 valence electrons. The zero-order valence-electron chi connectivity index (χ0n) is 10.7. The summed E-state index contributed by atoms with van der Waals surface area (Å²) >= 11 is 7.20. The molecule has 0 spiro atoms. The Morgan fingerprint density at radius 3 is 3.00 bits per heavy atom. The maximum absolute atomic E-state index is 4.54. The fourth-order valence-electron chi connectivity index (χ4n) is 2.58. The Morgan fingerprint density at radius 2 is 2.21 bits per heavy atom. The molecule has 0 radical (unpaired) electrons. The van der Waals surface area contributed by atoms with E-state index in [1.807, 2.05) is 18.5 Å². The number of aromatic nitrogens is 2. The molecule has 1 saturated heterocycles. The summed E-state index contributed by atoms with van der Waals surface area (Å²) in [6.45, 7) is 4.42. The molecule has 1 fully saturated rings. The van der Waals surface area contributed by atoms with Gasteiger partial charge in [-0.1, -0.05) is 22.9 Å². The van der Waals surface area contributed by atoms with Crippen molar-refractivity contribution in [2.45, 2.75) is 18.2 Å². The first-order chi connectivity index (χ1) is 9.15. The molecule has 19 heavy (non-hydrogen) atoms. The van der Waals surface area contributed by atoms with Crippen LogP contribution in [0.25, 0.3) is 11.0 Å². The van der Waals surface area contributed by atoms with Gasteiger partial charge in [0, 0.05) is 34.8 Å². The van der Waals surface area contributed by atoms with E-state index >= 15 is 0 Å². The Balaban J connectivity index is 2.01. The first-order valence-electron chi connectivity index (χ1n) is 6.44. The summed E-state index contributed by atoms with van der Waals surface area (Å²) in [5, 5.41) is 0. The minimum absolute atomic E-state index is 0.624. The van der Waals surface area contributed by atoms with Gasteiger partial charge in [0.1, 0.15) is 5.52 Å². The summed E-state index contributed by atoms with van der Waals surface area (Å²) in [7, 11) is 0. The topological polar surface area (TPSA) is 29.0 Å². The summed E-state index contributed by atoms with van der Waals surface area (Å²) in [5.74, 6) is 0.646. The van der Waals surface area contributed by atoms with Gasteiger partial charge in [-0.15, -0.1) is 0 Å². The third-order valence-electron chi connectivity index (χ3n) is 3.66. The number of alkyl halides is 1. The lowest BCUT2D eigenvalue weighted by atomic mass is 9.99. The molecule has 2 unspecified atom stereocenters. The van der Waals surface area contributed by atoms with Gasteiger partial charge < -0.3 is 4.90 Å². The number of anilines is 1. The lowest BCUT2D eigenvalue weighted by Gasteiger charge is -2.36. The predicted octanol–water partition coefficient (Wildman–Crippen LogP) is 4.00. The molecule has 1 aliphatic rings. The number of piperidine rings is 1. The summed E-state index contributed by atoms with van der Waals surface area (Å²) in [5.41, 5.74) is 3.13. The number of hydrogen-bond donors (Lipinski definition) is 0. The van der Waals surface area contributed by atoms with E-state index in [0.717, 1.165) is 28.6 Å². The molecule has 5 heteroatoms. The molecule has 0 aromatic carbocycles. The Hall–Kier alpha value is -0.680. The maximum atomic E-state index is 4.54. The van der Waals surface area contributed by atoms with Gasteiger partial charge in [-0.2, -0.15) is 0 Å². The van der Waals surface area contributed by atoms with Crippen molar-refractivity contribution < 1.29 is 0 Å². The molecule has 3 nitrogen and oxygen atoms in total. The van der Waals surface area contributed by atoms with Gasteiger partial charge in [0.25, 0.3) is 0 Å². The quantitative estimate of drug-likeness (QED) is 0.695. The van der Waals surface area contributed by atoms with E-state index in [1.165, 1.54) is 12.1 Å². The summed E-state index contributed by atoms with van der Waals surface area (Å²) in [4.78, 5) is 12.0. The highest BCUT2D eigenvalue weighted by molar-refractivity contribution is 9.10. The molecular formula is C14H15Br2N3. The lowest BCUT2D eigenvalue weighted by Crippen LogP contribution is -2.39. The molecule has 3 heterocycles. The third kappa shape index (κ3) is 2.63. The highest BCUT2D eigenvalue weighted by Crippen LogP contribution is 2.31. The zero-order valence-corrected chi connectivity index (χ0v) is 13.9. The molecule has 3 rings (SSSR count). The largest absolute Gasteiger partial charge is 0.369 e. The van der Waals surface area contributed by atoms with E-state index in [9.17, 15) is 0 Å². The van der Waals surface area contributed by atoms with Gasteiger partial charge in [0.15, 0.2) is 0 Å². The third-order valence-corrected chi connectivity index (χ3v) is 5.46. The van der Waals surface area contributed by atoms with Gasteiger partial charge in [-0.05, 0) is 40.4 Å². The standard InChI is InChI=1S/C14H15Br2N3/c1-9-8-19(5-3-11(9)16)13-2-4-17-12-6-10(15)7-18-14(12)13/h2,4,6-7,9,11H,3,5,8H2,1H3. The molecule has 0 bridgehead atoms. The average molecular weight is 385 g/mol. The molecule has 2 atom stereocenters. The number of pyridine rings is 2. The van der Waals surface area contributed by atoms with E-state index < -0.39 is 0 Å². The normalized spacial score (nSPS) is 23.8. The van der Waals surface area contributed by atoms with E-state index in [0.29, 0.717) is 10.7 Å². The fraction of sp³-hybridized carbons (Fsp3) is 0.429. The summed E-state index contributed by atoms with van der Waals surface area (Å²) in [6.07, 6.45) is 4.88. The van der Waals surface area contributed by atoms with Gasteiger partial charge in [-0.25, -0.2) is 0 Å². The molecule has 0 saturated carbocycles. The van der Waals surface area contributed by atoms with Crippen LogP contribution in [-0.4, -0.2) is 27.9 Å². The van der Waals surface area contributed by atoms with Crippen molar-refractivity contribution in [2.24, 2.45) is 5.92 Å². The van der Waals surface area contributed by atoms with Crippen molar-refractivity contribution >= 4 is 48.6 Å². The number of fused-ring (bicyclic) bond motifs is 1. The van der Waals surface area contributed by atoms with Crippen LogP contribution < -0.4 is 4.90 Å². The Morgan fingerprint density at radius 1 is 1.37 bits per heavy atom. The van der Waals surface area contributed by atoms with Gasteiger partial charge in [0.2, 0.25) is 0 Å². The summed E-state index contributed by atoms with van der Waals surface area (Å²) in [6, 6.07) is 4.09. The van der Waals surface area contributed by atoms with Crippen molar-refractivity contribution in [1.29, 1.82) is 0 Å². The molecule has 2 aromatic heterocycles. The van der Waals surface area contributed by atoms with Crippen molar-refractivity contribution in [1.82, 2.24) is 9.97 Å². The molecule has 1 aliphatic heterocycles. The van der Waals surface area contributed by atoms with Crippen LogP contribution in [0.4, 0.5) is 5.69 Å². The van der Waals surface area contributed by atoms with E-state index in [1.54, 1.807) is 0 Å². The van der Waals surface area contributed by atoms with Crippen LogP contribution in [0, 0.1) is 5.92 Å². The monoisotopic (exact) mass is 383 g/mol. The second kappa shape index (κ2) is 5.37. The fourth-order valence-corrected chi connectivity index (χ4v) is 3.27.